The van der Waals surface area contributed by atoms with E-state index in [2.05, 4.69) is 50.4 Å². The maximum absolute atomic E-state index is 11.6. The van der Waals surface area contributed by atoms with Gasteiger partial charge in [0, 0.05) is 6.54 Å². The van der Waals surface area contributed by atoms with Crippen LogP contribution in [0.25, 0.3) is 0 Å². The number of sulfone groups is 1. The van der Waals surface area contributed by atoms with Crippen molar-refractivity contribution in [2.75, 3.05) is 24.7 Å². The third-order valence-corrected chi connectivity index (χ3v) is 7.45. The highest BCUT2D eigenvalue weighted by Gasteiger charge is 2.27. The lowest BCUT2D eigenvalue weighted by molar-refractivity contribution is 0.269. The van der Waals surface area contributed by atoms with Crippen molar-refractivity contribution in [2.45, 2.75) is 52.7 Å². The fraction of sp³-hybridized carbons (Fsp3) is 0.520. The lowest BCUT2D eigenvalue weighted by Gasteiger charge is -2.19. The van der Waals surface area contributed by atoms with E-state index >= 15 is 0 Å². The zero-order chi connectivity index (χ0) is 22.5. The summed E-state index contributed by atoms with van der Waals surface area (Å²) in [6.45, 7) is 11.0. The Morgan fingerprint density at radius 2 is 1.71 bits per heavy atom. The van der Waals surface area contributed by atoms with Crippen LogP contribution in [-0.2, 0) is 28.4 Å². The van der Waals surface area contributed by atoms with Gasteiger partial charge in [-0.05, 0) is 60.0 Å². The van der Waals surface area contributed by atoms with Crippen LogP contribution >= 0.6 is 0 Å². The smallest absolute Gasteiger partial charge is 0.161 e. The van der Waals surface area contributed by atoms with Crippen LogP contribution in [0.2, 0.25) is 0 Å². The van der Waals surface area contributed by atoms with Gasteiger partial charge in [-0.2, -0.15) is 0 Å². The topological polar surface area (TPSA) is 64.6 Å². The van der Waals surface area contributed by atoms with E-state index in [4.69, 9.17) is 9.47 Å². The quantitative estimate of drug-likeness (QED) is 0.616. The maximum Gasteiger partial charge on any atom is 0.161 e. The van der Waals surface area contributed by atoms with Crippen molar-refractivity contribution in [1.29, 1.82) is 0 Å². The molecule has 170 valence electrons. The highest BCUT2D eigenvalue weighted by Crippen LogP contribution is 2.30. The highest BCUT2D eigenvalue weighted by molar-refractivity contribution is 7.91. The first-order chi connectivity index (χ1) is 14.7. The molecule has 2 aromatic rings. The molecule has 6 heteroatoms. The van der Waals surface area contributed by atoms with Crippen LogP contribution in [0, 0.1) is 5.92 Å². The summed E-state index contributed by atoms with van der Waals surface area (Å²) in [4.78, 5) is 0. The second kappa shape index (κ2) is 10.0. The standard InChI is InChI=1S/C25H35NO4S/c1-5-29-24-14-20(15-26-16-21-12-13-31(27,28)18-21)8-11-23(24)30-17-19-6-9-22(10-7-19)25(2,3)4/h6-11,14,21,26H,5,12-13,15-18H2,1-4H3. The zero-order valence-corrected chi connectivity index (χ0v) is 19.9. The van der Waals surface area contributed by atoms with Crippen LogP contribution in [0.1, 0.15) is 50.8 Å². The van der Waals surface area contributed by atoms with Gasteiger partial charge in [-0.25, -0.2) is 8.42 Å². The van der Waals surface area contributed by atoms with E-state index in [1.54, 1.807) is 0 Å². The lowest BCUT2D eigenvalue weighted by atomic mass is 9.87. The molecule has 0 amide bonds. The number of hydrogen-bond donors (Lipinski definition) is 1. The zero-order valence-electron chi connectivity index (χ0n) is 19.1. The van der Waals surface area contributed by atoms with Gasteiger partial charge in [0.1, 0.15) is 6.61 Å². The number of hydrogen-bond acceptors (Lipinski definition) is 5. The normalized spacial score (nSPS) is 18.1. The summed E-state index contributed by atoms with van der Waals surface area (Å²) in [6, 6.07) is 14.5. The van der Waals surface area contributed by atoms with Crippen molar-refractivity contribution >= 4 is 9.84 Å². The van der Waals surface area contributed by atoms with Gasteiger partial charge in [-0.3, -0.25) is 0 Å². The van der Waals surface area contributed by atoms with Crippen molar-refractivity contribution in [3.8, 4) is 11.5 Å². The molecule has 3 rings (SSSR count). The second-order valence-corrected chi connectivity index (χ2v) is 11.6. The summed E-state index contributed by atoms with van der Waals surface area (Å²) >= 11 is 0. The first-order valence-electron chi connectivity index (χ1n) is 11.1. The molecule has 1 heterocycles. The molecule has 0 radical (unpaired) electrons. The number of ether oxygens (including phenoxy) is 2. The van der Waals surface area contributed by atoms with Crippen molar-refractivity contribution in [3.05, 3.63) is 59.2 Å². The SMILES string of the molecule is CCOc1cc(CNCC2CCS(=O)(=O)C2)ccc1OCc1ccc(C(C)(C)C)cc1. The van der Waals surface area contributed by atoms with Crippen LogP contribution in [0.4, 0.5) is 0 Å². The van der Waals surface area contributed by atoms with E-state index in [1.165, 1.54) is 5.56 Å². The fourth-order valence-electron chi connectivity index (χ4n) is 3.77. The minimum absolute atomic E-state index is 0.136. The van der Waals surface area contributed by atoms with Crippen molar-refractivity contribution in [1.82, 2.24) is 5.32 Å². The van der Waals surface area contributed by atoms with Crippen LogP contribution in [-0.4, -0.2) is 33.1 Å². The van der Waals surface area contributed by atoms with Gasteiger partial charge in [-0.1, -0.05) is 51.1 Å². The van der Waals surface area contributed by atoms with Crippen molar-refractivity contribution in [2.24, 2.45) is 5.92 Å². The predicted octanol–water partition coefficient (Wildman–Crippen LogP) is 4.49. The highest BCUT2D eigenvalue weighted by atomic mass is 32.2. The summed E-state index contributed by atoms with van der Waals surface area (Å²) in [5, 5.41) is 3.38. The van der Waals surface area contributed by atoms with Crippen molar-refractivity contribution in [3.63, 3.8) is 0 Å². The van der Waals surface area contributed by atoms with E-state index in [-0.39, 0.29) is 11.3 Å². The molecular formula is C25H35NO4S. The molecule has 2 aromatic carbocycles. The molecule has 0 saturated carbocycles. The minimum Gasteiger partial charge on any atom is -0.490 e. The molecule has 5 nitrogen and oxygen atoms in total. The molecule has 1 unspecified atom stereocenters. The monoisotopic (exact) mass is 445 g/mol. The summed E-state index contributed by atoms with van der Waals surface area (Å²) in [6.07, 6.45) is 0.753. The maximum atomic E-state index is 11.6. The Morgan fingerprint density at radius 1 is 1.00 bits per heavy atom. The summed E-state index contributed by atoms with van der Waals surface area (Å²) in [5.74, 6) is 2.29. The molecule has 31 heavy (non-hydrogen) atoms. The van der Waals surface area contributed by atoms with Crippen LogP contribution in [0.5, 0.6) is 11.5 Å². The summed E-state index contributed by atoms with van der Waals surface area (Å²) in [7, 11) is -2.83. The second-order valence-electron chi connectivity index (χ2n) is 9.35. The van der Waals surface area contributed by atoms with Gasteiger partial charge in [0.05, 0.1) is 18.1 Å². The number of benzene rings is 2. The third kappa shape index (κ3) is 6.97. The van der Waals surface area contributed by atoms with Crippen LogP contribution in [0.3, 0.4) is 0 Å². The van der Waals surface area contributed by atoms with E-state index in [9.17, 15) is 8.42 Å². The van der Waals surface area contributed by atoms with Crippen LogP contribution < -0.4 is 14.8 Å². The summed E-state index contributed by atoms with van der Waals surface area (Å²) < 4.78 is 35.0. The Morgan fingerprint density at radius 3 is 2.32 bits per heavy atom. The van der Waals surface area contributed by atoms with Gasteiger partial charge in [0.2, 0.25) is 0 Å². The van der Waals surface area contributed by atoms with Gasteiger partial charge in [0.15, 0.2) is 21.3 Å². The Bertz CT molecular complexity index is 962. The first kappa shape index (κ1) is 23.6. The fourth-order valence-corrected chi connectivity index (χ4v) is 5.63. The molecule has 1 N–H and O–H groups in total. The Balaban J connectivity index is 1.57. The average Bonchev–Trinajstić information content (AvgIpc) is 3.06. The van der Waals surface area contributed by atoms with Crippen LogP contribution in [0.15, 0.2) is 42.5 Å². The van der Waals surface area contributed by atoms with Crippen molar-refractivity contribution < 1.29 is 17.9 Å². The molecule has 1 fully saturated rings. The van der Waals surface area contributed by atoms with Gasteiger partial charge >= 0.3 is 0 Å². The largest absolute Gasteiger partial charge is 0.490 e. The Kier molecular flexibility index (Phi) is 7.65. The number of nitrogens with one attached hydrogen (secondary N) is 1. The lowest BCUT2D eigenvalue weighted by Crippen LogP contribution is -2.23. The minimum atomic E-state index is -2.83. The van der Waals surface area contributed by atoms with E-state index < -0.39 is 9.84 Å². The molecular weight excluding hydrogens is 410 g/mol. The molecule has 0 bridgehead atoms. The summed E-state index contributed by atoms with van der Waals surface area (Å²) in [5.41, 5.74) is 3.65. The molecule has 0 aliphatic carbocycles. The third-order valence-electron chi connectivity index (χ3n) is 5.61. The number of rotatable bonds is 9. The van der Waals surface area contributed by atoms with Gasteiger partial charge < -0.3 is 14.8 Å². The average molecular weight is 446 g/mol. The van der Waals surface area contributed by atoms with E-state index in [1.807, 2.05) is 25.1 Å². The molecule has 1 saturated heterocycles. The van der Waals surface area contributed by atoms with Gasteiger partial charge in [0.25, 0.3) is 0 Å². The molecule has 1 aliphatic rings. The van der Waals surface area contributed by atoms with E-state index in [0.29, 0.717) is 37.8 Å². The molecule has 1 aliphatic heterocycles. The Labute approximate surface area is 187 Å². The molecule has 0 spiro atoms. The predicted molar refractivity (Wildman–Crippen MR) is 126 cm³/mol. The molecule has 1 atom stereocenters. The van der Waals surface area contributed by atoms with E-state index in [0.717, 1.165) is 29.0 Å². The molecule has 0 aromatic heterocycles. The first-order valence-corrected chi connectivity index (χ1v) is 12.9. The Hall–Kier alpha value is -2.05. The van der Waals surface area contributed by atoms with Gasteiger partial charge in [-0.15, -0.1) is 0 Å².